The summed E-state index contributed by atoms with van der Waals surface area (Å²) in [5.41, 5.74) is -0.698. The van der Waals surface area contributed by atoms with Crippen LogP contribution >= 0.6 is 0 Å². The Morgan fingerprint density at radius 3 is 2.48 bits per heavy atom. The zero-order valence-electron chi connectivity index (χ0n) is 14.9. The first-order valence-electron chi connectivity index (χ1n) is 8.73. The average Bonchev–Trinajstić information content (AvgIpc) is 3.02. The monoisotopic (exact) mass is 397 g/mol. The van der Waals surface area contributed by atoms with Crippen LogP contribution in [0.25, 0.3) is 0 Å². The van der Waals surface area contributed by atoms with E-state index in [2.05, 4.69) is 5.32 Å². The van der Waals surface area contributed by atoms with Crippen LogP contribution in [0.4, 0.5) is 8.78 Å². The number of benzene rings is 1. The summed E-state index contributed by atoms with van der Waals surface area (Å²) in [6.45, 7) is 0. The van der Waals surface area contributed by atoms with Gasteiger partial charge in [0.25, 0.3) is 5.91 Å². The van der Waals surface area contributed by atoms with E-state index in [1.54, 1.807) is 0 Å². The molecular formula is C19H21F2NO4S. The molecule has 0 saturated heterocycles. The average molecular weight is 397 g/mol. The summed E-state index contributed by atoms with van der Waals surface area (Å²) in [5.74, 6) is -2.12. The number of nitrogens with one attached hydrogen (secondary N) is 1. The maximum absolute atomic E-state index is 14.4. The van der Waals surface area contributed by atoms with Crippen molar-refractivity contribution in [3.8, 4) is 0 Å². The molecule has 27 heavy (non-hydrogen) atoms. The zero-order chi connectivity index (χ0) is 19.7. The minimum atomic E-state index is -3.29. The van der Waals surface area contributed by atoms with E-state index in [1.165, 1.54) is 24.3 Å². The summed E-state index contributed by atoms with van der Waals surface area (Å²) in [6, 6.07) is 6.19. The minimum absolute atomic E-state index is 0.0406. The number of carbonyl (C=O) groups is 1. The Hall–Kier alpha value is -2.22. The topological polar surface area (TPSA) is 76.4 Å². The van der Waals surface area contributed by atoms with E-state index in [1.807, 2.05) is 0 Å². The standard InChI is InChI=1S/C19H21F2NO4S/c1-27(24,25)12-14-6-8-17(26-14)18(23)22-19(9-3-2-4-10-19)15-7-5-13(20)11-16(15)21/h5-8,11H,2-4,9-10,12H2,1H3,(H,22,23). The first-order chi connectivity index (χ1) is 12.7. The Morgan fingerprint density at radius 1 is 1.15 bits per heavy atom. The van der Waals surface area contributed by atoms with E-state index in [9.17, 15) is 22.0 Å². The molecule has 0 spiro atoms. The van der Waals surface area contributed by atoms with Crippen LogP contribution in [-0.2, 0) is 21.1 Å². The van der Waals surface area contributed by atoms with E-state index in [4.69, 9.17) is 4.42 Å². The van der Waals surface area contributed by atoms with Crippen molar-refractivity contribution in [2.24, 2.45) is 0 Å². The van der Waals surface area contributed by atoms with Crippen molar-refractivity contribution < 1.29 is 26.4 Å². The molecule has 0 bridgehead atoms. The first kappa shape index (κ1) is 19.5. The molecule has 1 N–H and O–H groups in total. The van der Waals surface area contributed by atoms with Crippen molar-refractivity contribution in [3.63, 3.8) is 0 Å². The van der Waals surface area contributed by atoms with Crippen molar-refractivity contribution in [3.05, 3.63) is 59.1 Å². The molecule has 1 heterocycles. The second kappa shape index (κ2) is 7.42. The number of amides is 1. The summed E-state index contributed by atoms with van der Waals surface area (Å²) in [5, 5.41) is 2.86. The van der Waals surface area contributed by atoms with Crippen LogP contribution in [0.15, 0.2) is 34.7 Å². The molecule has 1 amide bonds. The second-order valence-corrected chi connectivity index (χ2v) is 9.20. The highest BCUT2D eigenvalue weighted by molar-refractivity contribution is 7.89. The quantitative estimate of drug-likeness (QED) is 0.835. The van der Waals surface area contributed by atoms with Gasteiger partial charge < -0.3 is 9.73 Å². The summed E-state index contributed by atoms with van der Waals surface area (Å²) < 4.78 is 55.8. The summed E-state index contributed by atoms with van der Waals surface area (Å²) in [7, 11) is -3.29. The molecule has 1 aliphatic carbocycles. The maximum atomic E-state index is 14.4. The van der Waals surface area contributed by atoms with E-state index in [0.717, 1.165) is 31.6 Å². The molecule has 0 atom stereocenters. The molecule has 1 aliphatic rings. The fraction of sp³-hybridized carbons (Fsp3) is 0.421. The molecule has 0 unspecified atom stereocenters. The van der Waals surface area contributed by atoms with Crippen molar-refractivity contribution in [1.29, 1.82) is 0 Å². The Balaban J connectivity index is 1.88. The van der Waals surface area contributed by atoms with Crippen LogP contribution in [0.3, 0.4) is 0 Å². The predicted octanol–water partition coefficient (Wildman–Crippen LogP) is 3.69. The molecule has 1 saturated carbocycles. The molecule has 0 aliphatic heterocycles. The van der Waals surface area contributed by atoms with Crippen molar-refractivity contribution >= 4 is 15.7 Å². The van der Waals surface area contributed by atoms with E-state index < -0.39 is 32.9 Å². The lowest BCUT2D eigenvalue weighted by Crippen LogP contribution is -2.47. The van der Waals surface area contributed by atoms with Crippen LogP contribution in [-0.4, -0.2) is 20.6 Å². The number of halogens is 2. The highest BCUT2D eigenvalue weighted by Crippen LogP contribution is 2.38. The SMILES string of the molecule is CS(=O)(=O)Cc1ccc(C(=O)NC2(c3ccc(F)cc3F)CCCCC2)o1. The van der Waals surface area contributed by atoms with Crippen LogP contribution < -0.4 is 5.32 Å². The Kier molecular flexibility index (Phi) is 5.37. The van der Waals surface area contributed by atoms with Gasteiger partial charge in [0.05, 0.1) is 5.54 Å². The van der Waals surface area contributed by atoms with Gasteiger partial charge >= 0.3 is 0 Å². The molecule has 5 nitrogen and oxygen atoms in total. The number of rotatable bonds is 5. The molecule has 2 aromatic rings. The fourth-order valence-corrected chi connectivity index (χ4v) is 4.28. The molecule has 3 rings (SSSR count). The summed E-state index contributed by atoms with van der Waals surface area (Å²) in [6.07, 6.45) is 4.70. The van der Waals surface area contributed by atoms with Crippen LogP contribution in [0.1, 0.15) is 54.0 Å². The van der Waals surface area contributed by atoms with Crippen LogP contribution in [0.5, 0.6) is 0 Å². The molecule has 1 fully saturated rings. The van der Waals surface area contributed by atoms with Crippen molar-refractivity contribution in [1.82, 2.24) is 5.32 Å². The van der Waals surface area contributed by atoms with Gasteiger partial charge in [-0.25, -0.2) is 17.2 Å². The van der Waals surface area contributed by atoms with Gasteiger partial charge in [0.1, 0.15) is 23.1 Å². The van der Waals surface area contributed by atoms with Gasteiger partial charge in [-0.05, 0) is 31.0 Å². The molecule has 1 aromatic carbocycles. The largest absolute Gasteiger partial charge is 0.455 e. The normalized spacial score (nSPS) is 16.9. The highest BCUT2D eigenvalue weighted by atomic mass is 32.2. The van der Waals surface area contributed by atoms with Crippen LogP contribution in [0, 0.1) is 11.6 Å². The smallest absolute Gasteiger partial charge is 0.287 e. The van der Waals surface area contributed by atoms with Gasteiger partial charge in [0.15, 0.2) is 15.6 Å². The third kappa shape index (κ3) is 4.55. The third-order valence-electron chi connectivity index (χ3n) is 4.80. The lowest BCUT2D eigenvalue weighted by molar-refractivity contribution is 0.0832. The molecule has 8 heteroatoms. The highest BCUT2D eigenvalue weighted by Gasteiger charge is 2.38. The summed E-state index contributed by atoms with van der Waals surface area (Å²) in [4.78, 5) is 12.7. The van der Waals surface area contributed by atoms with E-state index in [-0.39, 0.29) is 22.8 Å². The van der Waals surface area contributed by atoms with Gasteiger partial charge in [-0.1, -0.05) is 25.3 Å². The molecular weight excluding hydrogens is 376 g/mol. The second-order valence-electron chi connectivity index (χ2n) is 7.06. The number of hydrogen-bond donors (Lipinski definition) is 1. The van der Waals surface area contributed by atoms with Crippen molar-refractivity contribution in [2.75, 3.05) is 6.26 Å². The molecule has 1 aromatic heterocycles. The predicted molar refractivity (Wildman–Crippen MR) is 95.8 cm³/mol. The molecule has 0 radical (unpaired) electrons. The lowest BCUT2D eigenvalue weighted by Gasteiger charge is -2.38. The van der Waals surface area contributed by atoms with Gasteiger partial charge in [-0.2, -0.15) is 0 Å². The van der Waals surface area contributed by atoms with Gasteiger partial charge in [0, 0.05) is 17.9 Å². The third-order valence-corrected chi connectivity index (χ3v) is 5.61. The van der Waals surface area contributed by atoms with Gasteiger partial charge in [-0.3, -0.25) is 4.79 Å². The summed E-state index contributed by atoms with van der Waals surface area (Å²) >= 11 is 0. The Morgan fingerprint density at radius 2 is 1.85 bits per heavy atom. The van der Waals surface area contributed by atoms with E-state index in [0.29, 0.717) is 12.8 Å². The number of carbonyl (C=O) groups excluding carboxylic acids is 1. The van der Waals surface area contributed by atoms with Crippen LogP contribution in [0.2, 0.25) is 0 Å². The minimum Gasteiger partial charge on any atom is -0.455 e. The fourth-order valence-electron chi connectivity index (χ4n) is 3.61. The zero-order valence-corrected chi connectivity index (χ0v) is 15.7. The Labute approximate surface area is 156 Å². The van der Waals surface area contributed by atoms with E-state index >= 15 is 0 Å². The number of sulfone groups is 1. The number of furan rings is 1. The lowest BCUT2D eigenvalue weighted by atomic mass is 9.76. The Bertz CT molecular complexity index is 946. The maximum Gasteiger partial charge on any atom is 0.287 e. The first-order valence-corrected chi connectivity index (χ1v) is 10.8. The molecule has 146 valence electrons. The van der Waals surface area contributed by atoms with Crippen molar-refractivity contribution in [2.45, 2.75) is 43.4 Å². The number of hydrogen-bond acceptors (Lipinski definition) is 4. The van der Waals surface area contributed by atoms with Gasteiger partial charge in [-0.15, -0.1) is 0 Å². The van der Waals surface area contributed by atoms with Gasteiger partial charge in [0.2, 0.25) is 0 Å².